The number of rotatable bonds is 1. The Labute approximate surface area is 85.6 Å². The van der Waals surface area contributed by atoms with Crippen LogP contribution in [-0.4, -0.2) is 28.3 Å². The molecule has 1 heterocycles. The van der Waals surface area contributed by atoms with Crippen LogP contribution in [0.3, 0.4) is 0 Å². The van der Waals surface area contributed by atoms with Gasteiger partial charge in [-0.15, -0.1) is 0 Å². The predicted molar refractivity (Wildman–Crippen MR) is 55.3 cm³/mol. The molecule has 2 rings (SSSR count). The molecule has 0 radical (unpaired) electrons. The van der Waals surface area contributed by atoms with Gasteiger partial charge in [0, 0.05) is 0 Å². The fraction of sp³-hybridized carbons (Fsp3) is 0.333. The van der Waals surface area contributed by atoms with Crippen molar-refractivity contribution >= 4 is 26.4 Å². The van der Waals surface area contributed by atoms with Crippen LogP contribution in [0.25, 0.3) is 0 Å². The fourth-order valence-electron chi connectivity index (χ4n) is 1.23. The van der Waals surface area contributed by atoms with Gasteiger partial charge >= 0.3 is 85.4 Å². The van der Waals surface area contributed by atoms with Crippen molar-refractivity contribution in [1.82, 2.24) is 0 Å². The van der Waals surface area contributed by atoms with E-state index in [2.05, 4.69) is 27.2 Å². The summed E-state index contributed by atoms with van der Waals surface area (Å²) in [5.41, 5.74) is 0. The standard InChI is InChI=1S/C9H11O2PSe/c13-12(10-7-4-8-11-12)9-5-2-1-3-6-9/h1-3,5-6H,4,7-8H2. The second kappa shape index (κ2) is 4.08. The van der Waals surface area contributed by atoms with E-state index in [1.54, 1.807) is 0 Å². The van der Waals surface area contributed by atoms with E-state index in [0.29, 0.717) is 0 Å². The molecule has 1 aliphatic heterocycles. The van der Waals surface area contributed by atoms with Gasteiger partial charge in [0.15, 0.2) is 0 Å². The van der Waals surface area contributed by atoms with Crippen LogP contribution in [0.15, 0.2) is 30.3 Å². The van der Waals surface area contributed by atoms with Crippen molar-refractivity contribution in [2.45, 2.75) is 6.42 Å². The van der Waals surface area contributed by atoms with Crippen molar-refractivity contribution < 1.29 is 9.05 Å². The molecule has 0 spiro atoms. The predicted octanol–water partition coefficient (Wildman–Crippen LogP) is 1.68. The summed E-state index contributed by atoms with van der Waals surface area (Å²) in [5.74, 6) is -1.84. The second-order valence-electron chi connectivity index (χ2n) is 2.85. The average molecular weight is 261 g/mol. The summed E-state index contributed by atoms with van der Waals surface area (Å²) in [6.07, 6.45) is 0.996. The Morgan fingerprint density at radius 3 is 2.31 bits per heavy atom. The normalized spacial score (nSPS) is 21.2. The minimum absolute atomic E-state index is 0.801. The number of hydrogen-bond donors (Lipinski definition) is 0. The van der Waals surface area contributed by atoms with E-state index in [-0.39, 0.29) is 0 Å². The van der Waals surface area contributed by atoms with E-state index < -0.39 is 5.96 Å². The van der Waals surface area contributed by atoms with Crippen LogP contribution >= 0.6 is 5.96 Å². The van der Waals surface area contributed by atoms with E-state index in [1.165, 1.54) is 0 Å². The topological polar surface area (TPSA) is 18.5 Å². The first-order valence-electron chi connectivity index (χ1n) is 4.26. The fourth-order valence-corrected chi connectivity index (χ4v) is 4.58. The van der Waals surface area contributed by atoms with E-state index in [0.717, 1.165) is 24.9 Å². The molecule has 1 aromatic carbocycles. The summed E-state index contributed by atoms with van der Waals surface area (Å²) in [6.45, 7) is 1.60. The van der Waals surface area contributed by atoms with Crippen LogP contribution in [0.4, 0.5) is 0 Å². The summed E-state index contributed by atoms with van der Waals surface area (Å²) < 4.78 is 11.4. The van der Waals surface area contributed by atoms with Crippen LogP contribution in [0.5, 0.6) is 0 Å². The molecule has 0 amide bonds. The van der Waals surface area contributed by atoms with Gasteiger partial charge in [-0.25, -0.2) is 0 Å². The SMILES string of the molecule is [Se]=P1(c2ccccc2)OCCCO1. The Bertz CT molecular complexity index is 316. The molecule has 0 atom stereocenters. The summed E-state index contributed by atoms with van der Waals surface area (Å²) in [4.78, 5) is 0. The van der Waals surface area contributed by atoms with Crippen molar-refractivity contribution in [1.29, 1.82) is 0 Å². The van der Waals surface area contributed by atoms with Gasteiger partial charge in [-0.05, 0) is 0 Å². The Morgan fingerprint density at radius 1 is 1.08 bits per heavy atom. The van der Waals surface area contributed by atoms with Crippen LogP contribution in [0, 0.1) is 0 Å². The Morgan fingerprint density at radius 2 is 1.69 bits per heavy atom. The van der Waals surface area contributed by atoms with Crippen LogP contribution in [-0.2, 0) is 9.05 Å². The molecule has 0 aliphatic carbocycles. The maximum atomic E-state index is 5.68. The summed E-state index contributed by atoms with van der Waals surface area (Å²) >= 11 is 3.08. The van der Waals surface area contributed by atoms with Gasteiger partial charge in [0.05, 0.1) is 0 Å². The molecule has 1 aliphatic rings. The molecule has 0 N–H and O–H groups in total. The maximum absolute atomic E-state index is 5.68. The van der Waals surface area contributed by atoms with E-state index >= 15 is 0 Å². The van der Waals surface area contributed by atoms with Gasteiger partial charge in [0.2, 0.25) is 0 Å². The van der Waals surface area contributed by atoms with E-state index in [1.807, 2.05) is 18.2 Å². The Balaban J connectivity index is 2.29. The van der Waals surface area contributed by atoms with Crippen molar-refractivity contribution in [3.05, 3.63) is 30.3 Å². The molecule has 1 aromatic rings. The zero-order chi connectivity index (χ0) is 9.15. The minimum atomic E-state index is -1.84. The summed E-state index contributed by atoms with van der Waals surface area (Å²) in [7, 11) is 0. The van der Waals surface area contributed by atoms with E-state index in [4.69, 9.17) is 9.05 Å². The molecule has 4 heteroatoms. The zero-order valence-electron chi connectivity index (χ0n) is 7.18. The first kappa shape index (κ1) is 9.64. The molecular weight excluding hydrogens is 250 g/mol. The van der Waals surface area contributed by atoms with Gasteiger partial charge in [0.25, 0.3) is 0 Å². The zero-order valence-corrected chi connectivity index (χ0v) is 9.79. The van der Waals surface area contributed by atoms with Gasteiger partial charge in [-0.3, -0.25) is 0 Å². The molecule has 0 unspecified atom stereocenters. The number of hydrogen-bond acceptors (Lipinski definition) is 2. The van der Waals surface area contributed by atoms with Gasteiger partial charge in [-0.1, -0.05) is 0 Å². The summed E-state index contributed by atoms with van der Waals surface area (Å²) in [5, 5.41) is 1.15. The van der Waals surface area contributed by atoms with Crippen molar-refractivity contribution in [2.75, 3.05) is 13.2 Å². The average Bonchev–Trinajstić information content (AvgIpc) is 2.20. The molecular formula is C9H11O2PSe. The monoisotopic (exact) mass is 262 g/mol. The van der Waals surface area contributed by atoms with Gasteiger partial charge < -0.3 is 0 Å². The van der Waals surface area contributed by atoms with Crippen molar-refractivity contribution in [3.63, 3.8) is 0 Å². The van der Waals surface area contributed by atoms with Crippen LogP contribution < -0.4 is 5.30 Å². The van der Waals surface area contributed by atoms with E-state index in [9.17, 15) is 0 Å². The third kappa shape index (κ3) is 2.12. The third-order valence-electron chi connectivity index (χ3n) is 1.88. The van der Waals surface area contributed by atoms with Crippen molar-refractivity contribution in [3.8, 4) is 0 Å². The molecule has 0 aromatic heterocycles. The molecule has 2 nitrogen and oxygen atoms in total. The molecule has 13 heavy (non-hydrogen) atoms. The summed E-state index contributed by atoms with van der Waals surface area (Å²) in [6, 6.07) is 10.1. The first-order chi connectivity index (χ1) is 6.31. The van der Waals surface area contributed by atoms with Crippen LogP contribution in [0.1, 0.15) is 6.42 Å². The third-order valence-corrected chi connectivity index (χ3v) is 6.51. The Kier molecular flexibility index (Phi) is 3.02. The van der Waals surface area contributed by atoms with Gasteiger partial charge in [-0.2, -0.15) is 0 Å². The number of benzene rings is 1. The quantitative estimate of drug-likeness (QED) is 0.565. The first-order valence-corrected chi connectivity index (χ1v) is 8.10. The van der Waals surface area contributed by atoms with Crippen molar-refractivity contribution in [2.24, 2.45) is 0 Å². The molecule has 0 bridgehead atoms. The second-order valence-corrected chi connectivity index (χ2v) is 7.91. The van der Waals surface area contributed by atoms with Crippen LogP contribution in [0.2, 0.25) is 0 Å². The van der Waals surface area contributed by atoms with Gasteiger partial charge in [0.1, 0.15) is 0 Å². The molecule has 1 fully saturated rings. The molecule has 0 saturated carbocycles. The Hall–Kier alpha value is 0.0895. The molecule has 70 valence electrons. The molecule has 1 saturated heterocycles.